The van der Waals surface area contributed by atoms with E-state index in [-0.39, 0.29) is 36.7 Å². The lowest BCUT2D eigenvalue weighted by Gasteiger charge is -2.23. The lowest BCUT2D eigenvalue weighted by molar-refractivity contribution is -0.908. The summed E-state index contributed by atoms with van der Waals surface area (Å²) in [6.45, 7) is 11.6. The minimum absolute atomic E-state index is 0.0224. The number of esters is 2. The number of benzene rings is 1. The number of phenols is 1. The van der Waals surface area contributed by atoms with E-state index in [2.05, 4.69) is 0 Å². The summed E-state index contributed by atoms with van der Waals surface area (Å²) in [6, 6.07) is 0. The first-order valence-electron chi connectivity index (χ1n) is 12.0. The lowest BCUT2D eigenvalue weighted by Crippen LogP contribution is -3.14. The summed E-state index contributed by atoms with van der Waals surface area (Å²) < 4.78 is 33.9. The second kappa shape index (κ2) is 12.1. The molecule has 194 valence electrons. The average molecular weight is 511 g/mol. The number of nitrogens with one attached hydrogen (secondary N) is 1. The summed E-state index contributed by atoms with van der Waals surface area (Å²) in [7, 11) is -2.47. The van der Waals surface area contributed by atoms with Crippen LogP contribution in [0, 0.1) is 6.92 Å². The molecule has 0 atom stereocenters. The maximum absolute atomic E-state index is 12.2. The van der Waals surface area contributed by atoms with Gasteiger partial charge in [0.2, 0.25) is 0 Å². The Kier molecular flexibility index (Phi) is 9.39. The van der Waals surface area contributed by atoms with E-state index < -0.39 is 13.1 Å². The monoisotopic (exact) mass is 510 g/mol. The first-order chi connectivity index (χ1) is 16.6. The predicted molar refractivity (Wildman–Crippen MR) is 131 cm³/mol. The molecule has 2 heterocycles. The molecule has 0 unspecified atom stereocenters. The van der Waals surface area contributed by atoms with Gasteiger partial charge in [0.25, 0.3) is 0 Å². The van der Waals surface area contributed by atoms with Gasteiger partial charge in [0.05, 0.1) is 13.2 Å². The van der Waals surface area contributed by atoms with Gasteiger partial charge in [0, 0.05) is 17.5 Å². The van der Waals surface area contributed by atoms with Crippen LogP contribution in [-0.2, 0) is 36.6 Å². The molecule has 0 saturated carbocycles. The van der Waals surface area contributed by atoms with Crippen LogP contribution in [0.2, 0.25) is 0 Å². The van der Waals surface area contributed by atoms with Gasteiger partial charge in [-0.1, -0.05) is 11.6 Å². The molecule has 2 N–H and O–H groups in total. The van der Waals surface area contributed by atoms with Crippen molar-refractivity contribution in [2.24, 2.45) is 0 Å². The Balaban J connectivity index is 1.62. The van der Waals surface area contributed by atoms with Crippen LogP contribution >= 0.6 is 7.14 Å². The smallest absolute Gasteiger partial charge is 0.342 e. The van der Waals surface area contributed by atoms with Crippen LogP contribution in [0.1, 0.15) is 46.8 Å². The van der Waals surface area contributed by atoms with Crippen LogP contribution in [-0.4, -0.2) is 76.2 Å². The van der Waals surface area contributed by atoms with Crippen molar-refractivity contribution in [1.82, 2.24) is 0 Å². The number of quaternary nitrogens is 1. The Hall–Kier alpha value is -2.35. The molecule has 1 saturated heterocycles. The van der Waals surface area contributed by atoms with E-state index in [1.54, 1.807) is 20.3 Å². The van der Waals surface area contributed by atoms with E-state index in [0.717, 1.165) is 38.4 Å². The van der Waals surface area contributed by atoms with Crippen LogP contribution in [0.5, 0.6) is 11.5 Å². The Labute approximate surface area is 206 Å². The third-order valence-electron chi connectivity index (χ3n) is 6.26. The van der Waals surface area contributed by atoms with Crippen molar-refractivity contribution in [2.75, 3.05) is 59.1 Å². The molecule has 9 nitrogen and oxygen atoms in total. The molecule has 1 fully saturated rings. The van der Waals surface area contributed by atoms with Gasteiger partial charge < -0.3 is 33.5 Å². The largest absolute Gasteiger partial charge is 0.507 e. The second-order valence-electron chi connectivity index (χ2n) is 9.65. The summed E-state index contributed by atoms with van der Waals surface area (Å²) in [5.74, 6) is -0.542. The molecule has 2 aliphatic heterocycles. The van der Waals surface area contributed by atoms with Gasteiger partial charge in [-0.05, 0) is 45.6 Å². The Morgan fingerprint density at radius 1 is 1.23 bits per heavy atom. The number of fused-ring (bicyclic) bond motifs is 1. The highest BCUT2D eigenvalue weighted by Crippen LogP contribution is 2.44. The van der Waals surface area contributed by atoms with Gasteiger partial charge in [-0.2, -0.15) is 0 Å². The molecule has 0 aromatic heterocycles. The highest BCUT2D eigenvalue weighted by atomic mass is 31.2. The van der Waals surface area contributed by atoms with E-state index in [4.69, 9.17) is 18.9 Å². The van der Waals surface area contributed by atoms with Crippen molar-refractivity contribution in [3.63, 3.8) is 0 Å². The van der Waals surface area contributed by atoms with E-state index in [1.165, 1.54) is 4.90 Å². The van der Waals surface area contributed by atoms with Crippen LogP contribution in [0.4, 0.5) is 0 Å². The molecule has 0 bridgehead atoms. The van der Waals surface area contributed by atoms with E-state index in [9.17, 15) is 19.3 Å². The number of ether oxygens (including phenoxy) is 4. The summed E-state index contributed by atoms with van der Waals surface area (Å²) in [6.07, 6.45) is 3.00. The van der Waals surface area contributed by atoms with Crippen molar-refractivity contribution in [2.45, 2.75) is 39.7 Å². The van der Waals surface area contributed by atoms with Gasteiger partial charge >= 0.3 is 11.9 Å². The van der Waals surface area contributed by atoms with Crippen molar-refractivity contribution >= 4 is 19.1 Å². The Morgan fingerprint density at radius 2 is 1.94 bits per heavy atom. The predicted octanol–water partition coefficient (Wildman–Crippen LogP) is 2.06. The number of carbonyl (C=O) groups excluding carboxylic acids is 2. The number of hydrogen-bond acceptors (Lipinski definition) is 8. The topological polar surface area (TPSA) is 113 Å². The van der Waals surface area contributed by atoms with Gasteiger partial charge in [-0.3, -0.25) is 4.79 Å². The van der Waals surface area contributed by atoms with Gasteiger partial charge in [0.15, 0.2) is 0 Å². The second-order valence-corrected chi connectivity index (χ2v) is 13.1. The standard InChI is InChI=1S/C25H36NO8P/c1-17(6-8-21(27)32-14-11-26-9-12-31-13-10-26)5-7-19-23(28)22-20(15-33-25(22)29)18(2)24(19)34-16-35(3,4)30/h5,28H,6-16H2,1-4H3/p+1/b17-5+. The summed E-state index contributed by atoms with van der Waals surface area (Å²) in [5, 5.41) is 10.9. The molecular weight excluding hydrogens is 473 g/mol. The first kappa shape index (κ1) is 27.2. The molecule has 0 amide bonds. The quantitative estimate of drug-likeness (QED) is 0.264. The summed E-state index contributed by atoms with van der Waals surface area (Å²) >= 11 is 0. The van der Waals surface area contributed by atoms with Gasteiger partial charge in [-0.25, -0.2) is 4.79 Å². The zero-order chi connectivity index (χ0) is 25.6. The third-order valence-corrected chi connectivity index (χ3v) is 7.01. The van der Waals surface area contributed by atoms with E-state index >= 15 is 0 Å². The minimum Gasteiger partial charge on any atom is -0.507 e. The maximum atomic E-state index is 12.2. The number of hydrogen-bond donors (Lipinski definition) is 2. The summed E-state index contributed by atoms with van der Waals surface area (Å²) in [5.41, 5.74) is 2.85. The molecule has 1 aromatic rings. The molecular formula is C25H37NO8P+. The fraction of sp³-hybridized carbons (Fsp3) is 0.600. The number of allylic oxidation sites excluding steroid dienone is 2. The van der Waals surface area contributed by atoms with Crippen molar-refractivity contribution < 1.29 is 43.1 Å². The highest BCUT2D eigenvalue weighted by molar-refractivity contribution is 7.62. The Bertz CT molecular complexity index is 1020. The number of aromatic hydroxyl groups is 1. The number of cyclic esters (lactones) is 1. The Morgan fingerprint density at radius 3 is 2.63 bits per heavy atom. The normalized spacial score (nSPS) is 16.7. The van der Waals surface area contributed by atoms with Crippen LogP contribution in [0.3, 0.4) is 0 Å². The number of carbonyl (C=O) groups is 2. The molecule has 3 rings (SSSR count). The van der Waals surface area contributed by atoms with Crippen molar-refractivity contribution in [1.29, 1.82) is 0 Å². The van der Waals surface area contributed by atoms with Crippen molar-refractivity contribution in [3.05, 3.63) is 33.9 Å². The zero-order valence-electron chi connectivity index (χ0n) is 21.1. The molecule has 1 aromatic carbocycles. The zero-order valence-corrected chi connectivity index (χ0v) is 22.0. The first-order valence-corrected chi connectivity index (χ1v) is 14.8. The highest BCUT2D eigenvalue weighted by Gasteiger charge is 2.32. The molecule has 0 radical (unpaired) electrons. The molecule has 0 spiro atoms. The number of rotatable bonds is 11. The van der Waals surface area contributed by atoms with Gasteiger partial charge in [-0.15, -0.1) is 0 Å². The van der Waals surface area contributed by atoms with E-state index in [0.29, 0.717) is 41.9 Å². The number of morpholine rings is 1. The average Bonchev–Trinajstić information content (AvgIpc) is 3.20. The lowest BCUT2D eigenvalue weighted by atomic mass is 9.94. The maximum Gasteiger partial charge on any atom is 0.342 e. The van der Waals surface area contributed by atoms with Crippen LogP contribution < -0.4 is 9.64 Å². The summed E-state index contributed by atoms with van der Waals surface area (Å²) in [4.78, 5) is 25.7. The molecule has 0 aliphatic carbocycles. The van der Waals surface area contributed by atoms with Gasteiger partial charge in [0.1, 0.15) is 63.4 Å². The van der Waals surface area contributed by atoms with Crippen molar-refractivity contribution in [3.8, 4) is 11.5 Å². The molecule has 35 heavy (non-hydrogen) atoms. The fourth-order valence-electron chi connectivity index (χ4n) is 4.14. The SMILES string of the molecule is C/C(=C\Cc1c(O)c2c(c(C)c1OCP(C)(C)=O)COC2=O)CCC(=O)OCC[NH+]1CCOCC1. The van der Waals surface area contributed by atoms with Crippen LogP contribution in [0.25, 0.3) is 0 Å². The minimum atomic E-state index is -2.47. The van der Waals surface area contributed by atoms with Crippen LogP contribution in [0.15, 0.2) is 11.6 Å². The fourth-order valence-corrected chi connectivity index (χ4v) is 4.58. The third kappa shape index (κ3) is 7.56. The molecule has 2 aliphatic rings. The molecule has 10 heteroatoms. The number of phenolic OH excluding ortho intramolecular Hbond substituents is 1. The van der Waals surface area contributed by atoms with E-state index in [1.807, 2.05) is 13.0 Å².